The van der Waals surface area contributed by atoms with Crippen LogP contribution in [0.3, 0.4) is 0 Å². The summed E-state index contributed by atoms with van der Waals surface area (Å²) in [5.74, 6) is 0.0188. The van der Waals surface area contributed by atoms with Crippen LogP contribution in [0.4, 0.5) is 0 Å². The fraction of sp³-hybridized carbons (Fsp3) is 0.286. The van der Waals surface area contributed by atoms with Gasteiger partial charge in [0.25, 0.3) is 0 Å². The van der Waals surface area contributed by atoms with Crippen LogP contribution in [0.2, 0.25) is 0 Å². The molecule has 0 amide bonds. The van der Waals surface area contributed by atoms with Gasteiger partial charge in [-0.3, -0.25) is 0 Å². The molecule has 0 radical (unpaired) electrons. The summed E-state index contributed by atoms with van der Waals surface area (Å²) in [6.07, 6.45) is 0.879. The van der Waals surface area contributed by atoms with Gasteiger partial charge >= 0.3 is 5.97 Å². The zero-order valence-corrected chi connectivity index (χ0v) is 11.0. The van der Waals surface area contributed by atoms with E-state index in [0.29, 0.717) is 11.4 Å². The Labute approximate surface area is 114 Å². The average Bonchev–Trinajstić information content (AvgIpc) is 3.02. The van der Waals surface area contributed by atoms with Crippen molar-refractivity contribution in [2.75, 3.05) is 7.11 Å². The van der Waals surface area contributed by atoms with E-state index in [1.165, 1.54) is 6.07 Å². The minimum absolute atomic E-state index is 0.0982. The molecule has 2 aromatic rings. The van der Waals surface area contributed by atoms with Crippen LogP contribution in [0.15, 0.2) is 22.7 Å². The number of methoxy groups -OCH3 is 1. The maximum atomic E-state index is 10.8. The lowest BCUT2D eigenvalue weighted by Gasteiger charge is -2.09. The number of carbonyl (C=O) groups is 1. The van der Waals surface area contributed by atoms with Crippen LogP contribution in [0, 0.1) is 0 Å². The molecular formula is C14H13NO5. The number of benzene rings is 1. The first-order valence-electron chi connectivity index (χ1n) is 6.16. The predicted octanol–water partition coefficient (Wildman–Crippen LogP) is 2.37. The van der Waals surface area contributed by atoms with Gasteiger partial charge in [-0.05, 0) is 19.1 Å². The molecule has 1 aliphatic heterocycles. The first-order valence-corrected chi connectivity index (χ1v) is 6.16. The first-order chi connectivity index (χ1) is 9.58. The van der Waals surface area contributed by atoms with Crippen LogP contribution in [-0.4, -0.2) is 29.4 Å². The molecule has 1 aliphatic rings. The molecule has 0 fully saturated rings. The van der Waals surface area contributed by atoms with E-state index in [9.17, 15) is 4.79 Å². The van der Waals surface area contributed by atoms with Gasteiger partial charge in [0.1, 0.15) is 11.8 Å². The fourth-order valence-electron chi connectivity index (χ4n) is 2.31. The van der Waals surface area contributed by atoms with E-state index in [4.69, 9.17) is 19.1 Å². The Morgan fingerprint density at radius 3 is 2.90 bits per heavy atom. The number of carboxylic acids is 1. The molecule has 1 N–H and O–H groups in total. The number of hydrogen-bond acceptors (Lipinski definition) is 5. The van der Waals surface area contributed by atoms with Gasteiger partial charge in [0.2, 0.25) is 5.76 Å². The van der Waals surface area contributed by atoms with Gasteiger partial charge < -0.3 is 19.1 Å². The second-order valence-electron chi connectivity index (χ2n) is 4.68. The normalized spacial score (nSPS) is 16.6. The van der Waals surface area contributed by atoms with Gasteiger partial charge in [0.15, 0.2) is 11.5 Å². The molecule has 3 rings (SSSR count). The Morgan fingerprint density at radius 1 is 1.45 bits per heavy atom. The topological polar surface area (TPSA) is 81.8 Å². The molecule has 20 heavy (non-hydrogen) atoms. The highest BCUT2D eigenvalue weighted by Gasteiger charge is 2.25. The third kappa shape index (κ3) is 1.99. The summed E-state index contributed by atoms with van der Waals surface area (Å²) < 4.78 is 15.8. The van der Waals surface area contributed by atoms with Crippen LogP contribution in [-0.2, 0) is 6.42 Å². The molecule has 1 aromatic heterocycles. The maximum Gasteiger partial charge on any atom is 0.374 e. The lowest BCUT2D eigenvalue weighted by Crippen LogP contribution is -2.05. The van der Waals surface area contributed by atoms with Crippen molar-refractivity contribution in [2.24, 2.45) is 0 Å². The van der Waals surface area contributed by atoms with Gasteiger partial charge in [-0.25, -0.2) is 4.79 Å². The standard InChI is InChI=1S/C14H13NO5/c1-7-3-9-4-8(5-11(18-2)13(9)19-7)10-6-12(14(16)17)20-15-10/h4-7H,3H2,1-2H3,(H,16,17). The van der Waals surface area contributed by atoms with Crippen molar-refractivity contribution in [2.45, 2.75) is 19.4 Å². The Hall–Kier alpha value is -2.50. The van der Waals surface area contributed by atoms with E-state index < -0.39 is 5.97 Å². The van der Waals surface area contributed by atoms with Crippen molar-refractivity contribution in [3.63, 3.8) is 0 Å². The van der Waals surface area contributed by atoms with Gasteiger partial charge in [-0.15, -0.1) is 0 Å². The van der Waals surface area contributed by atoms with E-state index >= 15 is 0 Å². The molecule has 6 nitrogen and oxygen atoms in total. The molecule has 1 aromatic carbocycles. The highest BCUT2D eigenvalue weighted by Crippen LogP contribution is 2.41. The monoisotopic (exact) mass is 275 g/mol. The van der Waals surface area contributed by atoms with Crippen LogP contribution in [0.5, 0.6) is 11.5 Å². The molecule has 1 unspecified atom stereocenters. The van der Waals surface area contributed by atoms with Gasteiger partial charge in [-0.1, -0.05) is 5.16 Å². The quantitative estimate of drug-likeness (QED) is 0.926. The highest BCUT2D eigenvalue weighted by molar-refractivity contribution is 5.85. The number of ether oxygens (including phenoxy) is 2. The minimum atomic E-state index is -1.14. The Balaban J connectivity index is 2.06. The Kier molecular flexibility index (Phi) is 2.85. The van der Waals surface area contributed by atoms with Crippen molar-refractivity contribution in [3.05, 3.63) is 29.5 Å². The molecule has 6 heteroatoms. The predicted molar refractivity (Wildman–Crippen MR) is 69.2 cm³/mol. The van der Waals surface area contributed by atoms with Crippen molar-refractivity contribution < 1.29 is 23.9 Å². The summed E-state index contributed by atoms with van der Waals surface area (Å²) in [5, 5.41) is 12.6. The largest absolute Gasteiger partial charge is 0.493 e. The van der Waals surface area contributed by atoms with E-state index in [1.807, 2.05) is 13.0 Å². The summed E-state index contributed by atoms with van der Waals surface area (Å²) >= 11 is 0. The van der Waals surface area contributed by atoms with Crippen molar-refractivity contribution in [3.8, 4) is 22.8 Å². The third-order valence-corrected chi connectivity index (χ3v) is 3.19. The zero-order chi connectivity index (χ0) is 14.3. The first kappa shape index (κ1) is 12.5. The summed E-state index contributed by atoms with van der Waals surface area (Å²) in [4.78, 5) is 10.8. The van der Waals surface area contributed by atoms with Gasteiger partial charge in [0.05, 0.1) is 7.11 Å². The average molecular weight is 275 g/mol. The minimum Gasteiger partial charge on any atom is -0.493 e. The van der Waals surface area contributed by atoms with Crippen molar-refractivity contribution in [1.82, 2.24) is 5.16 Å². The molecule has 0 saturated heterocycles. The highest BCUT2D eigenvalue weighted by atomic mass is 16.5. The van der Waals surface area contributed by atoms with Crippen LogP contribution in [0.1, 0.15) is 23.0 Å². The Morgan fingerprint density at radius 2 is 2.25 bits per heavy atom. The van der Waals surface area contributed by atoms with Crippen LogP contribution in [0.25, 0.3) is 11.3 Å². The number of fused-ring (bicyclic) bond motifs is 1. The van der Waals surface area contributed by atoms with E-state index in [1.54, 1.807) is 13.2 Å². The number of hydrogen-bond donors (Lipinski definition) is 1. The SMILES string of the molecule is COc1cc(-c2cc(C(=O)O)on2)cc2c1OC(C)C2. The summed E-state index contributed by atoms with van der Waals surface area (Å²) in [6, 6.07) is 5.08. The van der Waals surface area contributed by atoms with Crippen LogP contribution < -0.4 is 9.47 Å². The third-order valence-electron chi connectivity index (χ3n) is 3.19. The van der Waals surface area contributed by atoms with E-state index in [2.05, 4.69) is 5.16 Å². The number of aromatic carboxylic acids is 1. The molecule has 0 saturated carbocycles. The van der Waals surface area contributed by atoms with Gasteiger partial charge in [0, 0.05) is 23.6 Å². The van der Waals surface area contributed by atoms with E-state index in [-0.39, 0.29) is 11.9 Å². The lowest BCUT2D eigenvalue weighted by molar-refractivity contribution is 0.0652. The number of carboxylic acid groups (broad SMARTS) is 1. The van der Waals surface area contributed by atoms with Crippen LogP contribution >= 0.6 is 0 Å². The molecule has 104 valence electrons. The van der Waals surface area contributed by atoms with E-state index in [0.717, 1.165) is 23.3 Å². The second kappa shape index (κ2) is 4.56. The number of nitrogens with zero attached hydrogens (tertiary/aromatic N) is 1. The maximum absolute atomic E-state index is 10.8. The Bertz CT molecular complexity index is 676. The number of rotatable bonds is 3. The fourth-order valence-corrected chi connectivity index (χ4v) is 2.31. The van der Waals surface area contributed by atoms with Gasteiger partial charge in [-0.2, -0.15) is 0 Å². The molecule has 0 aliphatic carbocycles. The lowest BCUT2D eigenvalue weighted by atomic mass is 10.0. The van der Waals surface area contributed by atoms with Crippen molar-refractivity contribution in [1.29, 1.82) is 0 Å². The zero-order valence-electron chi connectivity index (χ0n) is 11.0. The molecule has 0 bridgehead atoms. The second-order valence-corrected chi connectivity index (χ2v) is 4.68. The molecule has 1 atom stereocenters. The molecular weight excluding hydrogens is 262 g/mol. The summed E-state index contributed by atoms with van der Waals surface area (Å²) in [7, 11) is 1.57. The summed E-state index contributed by atoms with van der Waals surface area (Å²) in [6.45, 7) is 1.98. The molecule has 2 heterocycles. The number of aromatic nitrogens is 1. The van der Waals surface area contributed by atoms with Crippen molar-refractivity contribution >= 4 is 5.97 Å². The molecule has 0 spiro atoms. The summed E-state index contributed by atoms with van der Waals surface area (Å²) in [5.41, 5.74) is 2.23. The smallest absolute Gasteiger partial charge is 0.374 e.